The zero-order valence-electron chi connectivity index (χ0n) is 17.5. The van der Waals surface area contributed by atoms with E-state index in [1.54, 1.807) is 12.1 Å². The van der Waals surface area contributed by atoms with Crippen molar-refractivity contribution >= 4 is 29.1 Å². The highest BCUT2D eigenvalue weighted by Crippen LogP contribution is 2.25. The minimum atomic E-state index is -0.501. The molecule has 1 fully saturated rings. The summed E-state index contributed by atoms with van der Waals surface area (Å²) in [4.78, 5) is 28.5. The Bertz CT molecular complexity index is 888. The molecule has 6 nitrogen and oxygen atoms in total. The molecule has 1 saturated heterocycles. The fourth-order valence-electron chi connectivity index (χ4n) is 3.86. The fraction of sp³-hybridized carbons (Fsp3) is 0.391. The third-order valence-corrected chi connectivity index (χ3v) is 6.03. The zero-order chi connectivity index (χ0) is 21.7. The van der Waals surface area contributed by atoms with Gasteiger partial charge >= 0.3 is 0 Å². The molecular formula is C23H29ClN4O2. The molecule has 0 spiro atoms. The highest BCUT2D eigenvalue weighted by atomic mass is 35.5. The van der Waals surface area contributed by atoms with E-state index in [-0.39, 0.29) is 18.0 Å². The minimum Gasteiger partial charge on any atom is -0.366 e. The number of para-hydroxylation sites is 1. The monoisotopic (exact) mass is 428 g/mol. The van der Waals surface area contributed by atoms with E-state index in [1.807, 2.05) is 50.5 Å². The van der Waals surface area contributed by atoms with Gasteiger partial charge in [0, 0.05) is 35.4 Å². The van der Waals surface area contributed by atoms with Gasteiger partial charge in [0.1, 0.15) is 6.04 Å². The predicted molar refractivity (Wildman–Crippen MR) is 121 cm³/mol. The summed E-state index contributed by atoms with van der Waals surface area (Å²) in [5, 5.41) is 3.65. The number of carbonyl (C=O) groups excluding carboxylic acids is 2. The molecule has 0 bridgehead atoms. The standard InChI is InChI=1S/C23H29ClN4O2/c1-27(2)19(13-16-10-11-17(22(25)29)14-20(16)24)15-26-23(30)21-9-6-12-28(21)18-7-4-3-5-8-18/h3-5,7-8,10-11,14,19,21H,6,9,12-13,15H2,1-2H3,(H2,25,29)(H,26,30)/t19-,21-/m0/s1. The number of halogens is 1. The van der Waals surface area contributed by atoms with Crippen LogP contribution in [0.3, 0.4) is 0 Å². The number of nitrogens with two attached hydrogens (primary N) is 1. The van der Waals surface area contributed by atoms with E-state index in [1.165, 1.54) is 0 Å². The first kappa shape index (κ1) is 22.1. The molecular weight excluding hydrogens is 400 g/mol. The Morgan fingerprint density at radius 2 is 1.97 bits per heavy atom. The van der Waals surface area contributed by atoms with Crippen molar-refractivity contribution in [1.29, 1.82) is 0 Å². The van der Waals surface area contributed by atoms with Gasteiger partial charge in [0.2, 0.25) is 11.8 Å². The van der Waals surface area contributed by atoms with Crippen LogP contribution in [-0.2, 0) is 11.2 Å². The average Bonchev–Trinajstić information content (AvgIpc) is 3.22. The van der Waals surface area contributed by atoms with E-state index in [0.717, 1.165) is 30.6 Å². The summed E-state index contributed by atoms with van der Waals surface area (Å²) in [5.74, 6) is -0.446. The molecule has 1 aliphatic rings. The van der Waals surface area contributed by atoms with Crippen LogP contribution >= 0.6 is 11.6 Å². The van der Waals surface area contributed by atoms with Crippen LogP contribution in [0.2, 0.25) is 5.02 Å². The van der Waals surface area contributed by atoms with Gasteiger partial charge in [0.15, 0.2) is 0 Å². The lowest BCUT2D eigenvalue weighted by molar-refractivity contribution is -0.122. The average molecular weight is 429 g/mol. The van der Waals surface area contributed by atoms with Gasteiger partial charge in [-0.15, -0.1) is 0 Å². The number of primary amides is 1. The van der Waals surface area contributed by atoms with E-state index in [9.17, 15) is 9.59 Å². The Kier molecular flexibility index (Phi) is 7.34. The maximum atomic E-state index is 12.9. The van der Waals surface area contributed by atoms with Crippen molar-refractivity contribution in [2.45, 2.75) is 31.3 Å². The number of anilines is 1. The topological polar surface area (TPSA) is 78.7 Å². The summed E-state index contributed by atoms with van der Waals surface area (Å²) in [6, 6.07) is 15.1. The van der Waals surface area contributed by atoms with Crippen molar-refractivity contribution in [1.82, 2.24) is 10.2 Å². The molecule has 0 saturated carbocycles. The molecule has 30 heavy (non-hydrogen) atoms. The van der Waals surface area contributed by atoms with Crippen LogP contribution in [0, 0.1) is 0 Å². The molecule has 0 radical (unpaired) electrons. The summed E-state index contributed by atoms with van der Waals surface area (Å²) >= 11 is 6.36. The molecule has 2 amide bonds. The number of rotatable bonds is 8. The number of nitrogens with zero attached hydrogens (tertiary/aromatic N) is 2. The third kappa shape index (κ3) is 5.32. The van der Waals surface area contributed by atoms with E-state index < -0.39 is 5.91 Å². The highest BCUT2D eigenvalue weighted by molar-refractivity contribution is 6.31. The van der Waals surface area contributed by atoms with Crippen molar-refractivity contribution < 1.29 is 9.59 Å². The van der Waals surface area contributed by atoms with E-state index in [2.05, 4.69) is 15.1 Å². The van der Waals surface area contributed by atoms with Crippen LogP contribution in [-0.4, -0.2) is 56.0 Å². The number of amides is 2. The number of carbonyl (C=O) groups is 2. The Balaban J connectivity index is 1.63. The first-order valence-corrected chi connectivity index (χ1v) is 10.6. The van der Waals surface area contributed by atoms with E-state index in [0.29, 0.717) is 23.6 Å². The molecule has 7 heteroatoms. The lowest BCUT2D eigenvalue weighted by Gasteiger charge is -2.29. The van der Waals surface area contributed by atoms with Gasteiger partial charge in [-0.2, -0.15) is 0 Å². The molecule has 1 heterocycles. The Labute approximate surface area is 183 Å². The zero-order valence-corrected chi connectivity index (χ0v) is 18.2. The smallest absolute Gasteiger partial charge is 0.248 e. The predicted octanol–water partition coefficient (Wildman–Crippen LogP) is 2.70. The number of likely N-dealkylation sites (N-methyl/N-ethyl adjacent to an activating group) is 1. The van der Waals surface area contributed by atoms with Crippen LogP contribution in [0.5, 0.6) is 0 Å². The second-order valence-electron chi connectivity index (χ2n) is 7.92. The number of benzene rings is 2. The maximum Gasteiger partial charge on any atom is 0.248 e. The molecule has 0 aromatic heterocycles. The first-order chi connectivity index (χ1) is 14.4. The SMILES string of the molecule is CN(C)[C@H](CNC(=O)[C@@H]1CCCN1c1ccccc1)Cc1ccc(C(N)=O)cc1Cl. The van der Waals surface area contributed by atoms with Crippen LogP contribution in [0.25, 0.3) is 0 Å². The van der Waals surface area contributed by atoms with Crippen molar-refractivity contribution in [3.8, 4) is 0 Å². The number of hydrogen-bond acceptors (Lipinski definition) is 4. The first-order valence-electron chi connectivity index (χ1n) is 10.2. The second-order valence-corrected chi connectivity index (χ2v) is 8.33. The Morgan fingerprint density at radius 3 is 2.60 bits per heavy atom. The molecule has 0 unspecified atom stereocenters. The largest absolute Gasteiger partial charge is 0.366 e. The van der Waals surface area contributed by atoms with Crippen LogP contribution < -0.4 is 16.0 Å². The maximum absolute atomic E-state index is 12.9. The molecule has 0 aliphatic carbocycles. The van der Waals surface area contributed by atoms with Gasteiger partial charge in [0.05, 0.1) is 0 Å². The molecule has 2 aromatic carbocycles. The van der Waals surface area contributed by atoms with Crippen LogP contribution in [0.15, 0.2) is 48.5 Å². The summed E-state index contributed by atoms with van der Waals surface area (Å²) < 4.78 is 0. The van der Waals surface area contributed by atoms with E-state index >= 15 is 0 Å². The van der Waals surface area contributed by atoms with Gasteiger partial charge in [-0.25, -0.2) is 0 Å². The van der Waals surface area contributed by atoms with Crippen molar-refractivity contribution in [2.75, 3.05) is 32.1 Å². The molecule has 2 aromatic rings. The normalized spacial score (nSPS) is 17.2. The summed E-state index contributed by atoms with van der Waals surface area (Å²) in [6.45, 7) is 1.40. The number of hydrogen-bond donors (Lipinski definition) is 2. The van der Waals surface area contributed by atoms with Gasteiger partial charge in [-0.3, -0.25) is 9.59 Å². The van der Waals surface area contributed by atoms with Gasteiger partial charge in [-0.05, 0) is 63.2 Å². The van der Waals surface area contributed by atoms with Gasteiger partial charge < -0.3 is 20.9 Å². The molecule has 1 aliphatic heterocycles. The lowest BCUT2D eigenvalue weighted by Crippen LogP contribution is -2.48. The fourth-order valence-corrected chi connectivity index (χ4v) is 4.12. The van der Waals surface area contributed by atoms with Crippen molar-refractivity contribution in [3.05, 3.63) is 64.7 Å². The molecule has 3 N–H and O–H groups in total. The molecule has 160 valence electrons. The van der Waals surface area contributed by atoms with Crippen molar-refractivity contribution in [3.63, 3.8) is 0 Å². The molecule has 3 rings (SSSR count). The van der Waals surface area contributed by atoms with Crippen molar-refractivity contribution in [2.24, 2.45) is 5.73 Å². The molecule has 2 atom stereocenters. The van der Waals surface area contributed by atoms with E-state index in [4.69, 9.17) is 17.3 Å². The van der Waals surface area contributed by atoms with Gasteiger partial charge in [0.25, 0.3) is 0 Å². The van der Waals surface area contributed by atoms with Gasteiger partial charge in [-0.1, -0.05) is 35.9 Å². The second kappa shape index (κ2) is 9.96. The minimum absolute atomic E-state index is 0.0541. The summed E-state index contributed by atoms with van der Waals surface area (Å²) in [6.07, 6.45) is 2.51. The van der Waals surface area contributed by atoms with Crippen LogP contribution in [0.1, 0.15) is 28.8 Å². The number of nitrogens with one attached hydrogen (secondary N) is 1. The summed E-state index contributed by atoms with van der Waals surface area (Å²) in [7, 11) is 3.96. The summed E-state index contributed by atoms with van der Waals surface area (Å²) in [5.41, 5.74) is 7.71. The lowest BCUT2D eigenvalue weighted by atomic mass is 10.0. The van der Waals surface area contributed by atoms with Crippen LogP contribution in [0.4, 0.5) is 5.69 Å². The quantitative estimate of drug-likeness (QED) is 0.677. The Morgan fingerprint density at radius 1 is 1.23 bits per heavy atom. The highest BCUT2D eigenvalue weighted by Gasteiger charge is 2.31. The third-order valence-electron chi connectivity index (χ3n) is 5.68. The Hall–Kier alpha value is -2.57.